The van der Waals surface area contributed by atoms with Gasteiger partial charge in [-0.15, -0.1) is 0 Å². The average molecular weight is 258 g/mol. The molecule has 1 unspecified atom stereocenters. The van der Waals surface area contributed by atoms with Crippen LogP contribution in [-0.4, -0.2) is 30.1 Å². The summed E-state index contributed by atoms with van der Waals surface area (Å²) in [6.45, 7) is 2.57. The van der Waals surface area contributed by atoms with E-state index in [1.165, 1.54) is 6.20 Å². The highest BCUT2D eigenvalue weighted by atomic mass is 35.5. The molecule has 0 aliphatic heterocycles. The molecule has 1 aromatic rings. The average Bonchev–Trinajstić information content (AvgIpc) is 2.26. The zero-order chi connectivity index (χ0) is 12.7. The number of rotatable bonds is 6. The van der Waals surface area contributed by atoms with Crippen LogP contribution in [0.25, 0.3) is 0 Å². The molecule has 6 heteroatoms. The highest BCUT2D eigenvalue weighted by Crippen LogP contribution is 2.10. The fourth-order valence-corrected chi connectivity index (χ4v) is 1.27. The number of carbonyl (C=O) groups excluding carboxylic acids is 1. The molecule has 1 heterocycles. The minimum Gasteiger partial charge on any atom is -0.476 e. The Kier molecular flexibility index (Phi) is 5.72. The molecular weight excluding hydrogens is 242 g/mol. The number of halogens is 1. The van der Waals surface area contributed by atoms with Gasteiger partial charge in [0.2, 0.25) is 11.8 Å². The molecule has 0 radical (unpaired) electrons. The molecule has 1 atom stereocenters. The number of carbonyl (C=O) groups is 1. The normalized spacial score (nSPS) is 11.9. The first-order valence-corrected chi connectivity index (χ1v) is 5.72. The molecule has 94 valence electrons. The molecule has 17 heavy (non-hydrogen) atoms. The Bertz CT molecular complexity index is 354. The Morgan fingerprint density at radius 1 is 1.65 bits per heavy atom. The zero-order valence-corrected chi connectivity index (χ0v) is 10.4. The van der Waals surface area contributed by atoms with Gasteiger partial charge in [0.1, 0.15) is 6.61 Å². The van der Waals surface area contributed by atoms with Gasteiger partial charge in [-0.2, -0.15) is 0 Å². The Morgan fingerprint density at radius 3 is 3.00 bits per heavy atom. The van der Waals surface area contributed by atoms with Gasteiger partial charge in [-0.25, -0.2) is 4.98 Å². The Balaban J connectivity index is 2.16. The molecule has 0 spiro atoms. The van der Waals surface area contributed by atoms with E-state index in [2.05, 4.69) is 10.3 Å². The van der Waals surface area contributed by atoms with Crippen LogP contribution in [0, 0.1) is 0 Å². The zero-order valence-electron chi connectivity index (χ0n) is 9.65. The second-order valence-corrected chi connectivity index (χ2v) is 4.13. The summed E-state index contributed by atoms with van der Waals surface area (Å²) in [6, 6.07) is 3.24. The van der Waals surface area contributed by atoms with Crippen molar-refractivity contribution in [3.63, 3.8) is 0 Å². The van der Waals surface area contributed by atoms with Crippen LogP contribution in [0.15, 0.2) is 18.3 Å². The minimum atomic E-state index is -0.131. The lowest BCUT2D eigenvalue weighted by atomic mass is 10.2. The third kappa shape index (κ3) is 6.09. The second kappa shape index (κ2) is 7.09. The van der Waals surface area contributed by atoms with Crippen molar-refractivity contribution in [2.75, 3.05) is 13.2 Å². The van der Waals surface area contributed by atoms with Gasteiger partial charge < -0.3 is 15.8 Å². The number of nitrogens with one attached hydrogen (secondary N) is 1. The fourth-order valence-electron chi connectivity index (χ4n) is 1.16. The second-order valence-electron chi connectivity index (χ2n) is 3.69. The standard InChI is InChI=1S/C11H16ClN3O2/c1-8(13)6-10(16)14-4-5-17-11-3-2-9(12)7-15-11/h2-3,7-8H,4-6,13H2,1H3,(H,14,16). The number of ether oxygens (including phenoxy) is 1. The molecule has 0 aliphatic rings. The summed E-state index contributed by atoms with van der Waals surface area (Å²) < 4.78 is 5.30. The molecule has 1 amide bonds. The van der Waals surface area contributed by atoms with E-state index in [9.17, 15) is 4.79 Å². The highest BCUT2D eigenvalue weighted by Gasteiger charge is 2.03. The smallest absolute Gasteiger partial charge is 0.221 e. The third-order valence-corrected chi connectivity index (χ3v) is 2.11. The summed E-state index contributed by atoms with van der Waals surface area (Å²) in [5, 5.41) is 3.26. The monoisotopic (exact) mass is 257 g/mol. The predicted molar refractivity (Wildman–Crippen MR) is 66.0 cm³/mol. The maximum absolute atomic E-state index is 11.2. The summed E-state index contributed by atoms with van der Waals surface area (Å²) in [5.41, 5.74) is 5.49. The summed E-state index contributed by atoms with van der Waals surface area (Å²) >= 11 is 5.68. The first kappa shape index (κ1) is 13.7. The molecular formula is C11H16ClN3O2. The van der Waals surface area contributed by atoms with Crippen molar-refractivity contribution in [2.45, 2.75) is 19.4 Å². The number of nitrogens with zero attached hydrogens (tertiary/aromatic N) is 1. The lowest BCUT2D eigenvalue weighted by Crippen LogP contribution is -2.32. The Morgan fingerprint density at radius 2 is 2.41 bits per heavy atom. The number of hydrogen-bond donors (Lipinski definition) is 2. The fraction of sp³-hybridized carbons (Fsp3) is 0.455. The minimum absolute atomic E-state index is 0.0762. The summed E-state index contributed by atoms with van der Waals surface area (Å²) in [5.74, 6) is 0.406. The molecule has 0 bridgehead atoms. The molecule has 0 aromatic carbocycles. The number of aromatic nitrogens is 1. The maximum atomic E-state index is 11.2. The van der Waals surface area contributed by atoms with E-state index in [1.807, 2.05) is 0 Å². The highest BCUT2D eigenvalue weighted by molar-refractivity contribution is 6.30. The van der Waals surface area contributed by atoms with Gasteiger partial charge in [-0.3, -0.25) is 4.79 Å². The van der Waals surface area contributed by atoms with Crippen molar-refractivity contribution in [1.82, 2.24) is 10.3 Å². The van der Waals surface area contributed by atoms with Crippen LogP contribution in [0.4, 0.5) is 0 Å². The number of hydrogen-bond acceptors (Lipinski definition) is 4. The quantitative estimate of drug-likeness (QED) is 0.745. The molecule has 0 saturated carbocycles. The topological polar surface area (TPSA) is 77.2 Å². The van der Waals surface area contributed by atoms with Gasteiger partial charge in [0, 0.05) is 24.7 Å². The van der Waals surface area contributed by atoms with Crippen molar-refractivity contribution >= 4 is 17.5 Å². The van der Waals surface area contributed by atoms with E-state index in [-0.39, 0.29) is 11.9 Å². The van der Waals surface area contributed by atoms with E-state index in [0.717, 1.165) is 0 Å². The molecule has 0 fully saturated rings. The van der Waals surface area contributed by atoms with Gasteiger partial charge >= 0.3 is 0 Å². The molecule has 1 rings (SSSR count). The van der Waals surface area contributed by atoms with E-state index in [1.54, 1.807) is 19.1 Å². The van der Waals surface area contributed by atoms with Crippen LogP contribution in [0.3, 0.4) is 0 Å². The molecule has 3 N–H and O–H groups in total. The van der Waals surface area contributed by atoms with Gasteiger partial charge in [-0.05, 0) is 13.0 Å². The molecule has 0 aliphatic carbocycles. The van der Waals surface area contributed by atoms with Crippen LogP contribution >= 0.6 is 11.6 Å². The van der Waals surface area contributed by atoms with Crippen molar-refractivity contribution in [3.8, 4) is 5.88 Å². The van der Waals surface area contributed by atoms with Crippen LogP contribution in [-0.2, 0) is 4.79 Å². The largest absolute Gasteiger partial charge is 0.476 e. The summed E-state index contributed by atoms with van der Waals surface area (Å²) in [7, 11) is 0. The predicted octanol–water partition coefficient (Wildman–Crippen LogP) is 0.967. The van der Waals surface area contributed by atoms with E-state index in [0.29, 0.717) is 30.5 Å². The molecule has 0 saturated heterocycles. The van der Waals surface area contributed by atoms with Crippen molar-refractivity contribution in [1.29, 1.82) is 0 Å². The first-order valence-electron chi connectivity index (χ1n) is 5.34. The van der Waals surface area contributed by atoms with Crippen molar-refractivity contribution in [3.05, 3.63) is 23.4 Å². The van der Waals surface area contributed by atoms with Crippen LogP contribution < -0.4 is 15.8 Å². The van der Waals surface area contributed by atoms with E-state index >= 15 is 0 Å². The lowest BCUT2D eigenvalue weighted by Gasteiger charge is -2.08. The summed E-state index contributed by atoms with van der Waals surface area (Å²) in [4.78, 5) is 15.2. The number of amides is 1. The molecule has 1 aromatic heterocycles. The van der Waals surface area contributed by atoms with E-state index in [4.69, 9.17) is 22.1 Å². The number of nitrogens with two attached hydrogens (primary N) is 1. The van der Waals surface area contributed by atoms with Crippen molar-refractivity contribution < 1.29 is 9.53 Å². The molecule has 5 nitrogen and oxygen atoms in total. The Hall–Kier alpha value is -1.33. The first-order chi connectivity index (χ1) is 8.08. The van der Waals surface area contributed by atoms with Gasteiger partial charge in [0.25, 0.3) is 0 Å². The summed E-state index contributed by atoms with van der Waals surface area (Å²) in [6.07, 6.45) is 1.82. The SMILES string of the molecule is CC(N)CC(=O)NCCOc1ccc(Cl)cn1. The lowest BCUT2D eigenvalue weighted by molar-refractivity contribution is -0.121. The van der Waals surface area contributed by atoms with Gasteiger partial charge in [0.15, 0.2) is 0 Å². The van der Waals surface area contributed by atoms with Crippen molar-refractivity contribution in [2.24, 2.45) is 5.73 Å². The number of pyridine rings is 1. The van der Waals surface area contributed by atoms with Crippen LogP contribution in [0.1, 0.15) is 13.3 Å². The maximum Gasteiger partial charge on any atom is 0.221 e. The van der Waals surface area contributed by atoms with E-state index < -0.39 is 0 Å². The van der Waals surface area contributed by atoms with Crippen LogP contribution in [0.2, 0.25) is 5.02 Å². The third-order valence-electron chi connectivity index (χ3n) is 1.88. The van der Waals surface area contributed by atoms with Crippen LogP contribution in [0.5, 0.6) is 5.88 Å². The Labute approximate surface area is 105 Å². The van der Waals surface area contributed by atoms with Gasteiger partial charge in [0.05, 0.1) is 11.6 Å². The van der Waals surface area contributed by atoms with Gasteiger partial charge in [-0.1, -0.05) is 11.6 Å².